The molecule has 58 valence electrons. The van der Waals surface area contributed by atoms with Gasteiger partial charge in [-0.05, 0) is 23.2 Å². The summed E-state index contributed by atoms with van der Waals surface area (Å²) in [5.41, 5.74) is -0.154. The van der Waals surface area contributed by atoms with Gasteiger partial charge in [0, 0.05) is 6.20 Å². The maximum Gasteiger partial charge on any atom is 0.273 e. The Hall–Kier alpha value is -0.870. The molecule has 4 nitrogen and oxygen atoms in total. The van der Waals surface area contributed by atoms with Crippen molar-refractivity contribution in [3.8, 4) is 0 Å². The van der Waals surface area contributed by atoms with E-state index >= 15 is 0 Å². The number of nitrogens with zero attached hydrogens (tertiary/aromatic N) is 1. The van der Waals surface area contributed by atoms with Gasteiger partial charge in [-0.15, -0.1) is 0 Å². The maximum absolute atomic E-state index is 10.5. The second kappa shape index (κ2) is 3.02. The van der Waals surface area contributed by atoms with Crippen LogP contribution < -0.4 is 0 Å². The molecule has 1 aromatic rings. The van der Waals surface area contributed by atoms with Gasteiger partial charge in [0.25, 0.3) is 10.5 Å². The third-order valence-corrected chi connectivity index (χ3v) is 1.42. The summed E-state index contributed by atoms with van der Waals surface area (Å²) in [6, 6.07) is 0. The smallest absolute Gasteiger partial charge is 0.273 e. The highest BCUT2D eigenvalue weighted by atomic mass is 35.5. The minimum Gasteiger partial charge on any atom is -0.284 e. The summed E-state index contributed by atoms with van der Waals surface area (Å²) in [6.07, 6.45) is 1.21. The molecule has 0 aliphatic rings. The number of carbonyl (C=O) groups excluding carboxylic acids is 2. The van der Waals surface area contributed by atoms with Gasteiger partial charge in [-0.3, -0.25) is 14.7 Å². The molecule has 6 heteroatoms. The predicted octanol–water partition coefficient (Wildman–Crippen LogP) is 1.17. The number of nitrogens with one attached hydrogen (secondary N) is 1. The number of carbonyl (C=O) groups is 2. The molecule has 0 aromatic carbocycles. The van der Waals surface area contributed by atoms with Crippen LogP contribution in [0.2, 0.25) is 0 Å². The van der Waals surface area contributed by atoms with Crippen molar-refractivity contribution in [1.29, 1.82) is 0 Å². The van der Waals surface area contributed by atoms with Gasteiger partial charge in [0.2, 0.25) is 0 Å². The van der Waals surface area contributed by atoms with Crippen molar-refractivity contribution in [2.45, 2.75) is 0 Å². The normalized spacial score (nSPS) is 9.64. The summed E-state index contributed by atoms with van der Waals surface area (Å²) >= 11 is 10.1. The van der Waals surface area contributed by atoms with Crippen molar-refractivity contribution < 1.29 is 9.59 Å². The predicted molar refractivity (Wildman–Crippen MR) is 39.0 cm³/mol. The number of aromatic amines is 1. The lowest BCUT2D eigenvalue weighted by molar-refractivity contribution is 0.104. The molecule has 0 atom stereocenters. The molecule has 0 amide bonds. The van der Waals surface area contributed by atoms with E-state index in [4.69, 9.17) is 23.2 Å². The third-order valence-electron chi connectivity index (χ3n) is 1.04. The zero-order valence-corrected chi connectivity index (χ0v) is 6.61. The third kappa shape index (κ3) is 1.58. The molecular formula is C5H2Cl2N2O2. The van der Waals surface area contributed by atoms with E-state index in [-0.39, 0.29) is 11.3 Å². The zero-order chi connectivity index (χ0) is 8.43. The van der Waals surface area contributed by atoms with Crippen LogP contribution in [0.15, 0.2) is 6.20 Å². The van der Waals surface area contributed by atoms with E-state index in [2.05, 4.69) is 10.2 Å². The van der Waals surface area contributed by atoms with Crippen LogP contribution in [0.25, 0.3) is 0 Å². The van der Waals surface area contributed by atoms with E-state index < -0.39 is 10.5 Å². The van der Waals surface area contributed by atoms with Crippen LogP contribution in [0.5, 0.6) is 0 Å². The molecule has 1 heterocycles. The first-order chi connectivity index (χ1) is 5.13. The zero-order valence-electron chi connectivity index (χ0n) is 5.10. The van der Waals surface area contributed by atoms with Crippen LogP contribution in [0.3, 0.4) is 0 Å². The van der Waals surface area contributed by atoms with Crippen molar-refractivity contribution in [2.75, 3.05) is 0 Å². The molecule has 0 bridgehead atoms. The topological polar surface area (TPSA) is 62.8 Å². The Morgan fingerprint density at radius 2 is 2.00 bits per heavy atom. The van der Waals surface area contributed by atoms with Crippen LogP contribution in [0.1, 0.15) is 20.8 Å². The Labute approximate surface area is 71.5 Å². The van der Waals surface area contributed by atoms with Gasteiger partial charge in [-0.1, -0.05) is 0 Å². The molecule has 11 heavy (non-hydrogen) atoms. The molecule has 1 aromatic heterocycles. The lowest BCUT2D eigenvalue weighted by atomic mass is 10.3. The highest BCUT2D eigenvalue weighted by Gasteiger charge is 2.16. The SMILES string of the molecule is O=C(Cl)c1c[nH]nc1C(=O)Cl. The minimum atomic E-state index is -0.810. The minimum absolute atomic E-state index is 0.00772. The number of halogens is 2. The molecule has 0 saturated carbocycles. The van der Waals surface area contributed by atoms with Crippen LogP contribution >= 0.6 is 23.2 Å². The van der Waals surface area contributed by atoms with Crippen LogP contribution in [0.4, 0.5) is 0 Å². The number of hydrogen-bond acceptors (Lipinski definition) is 3. The van der Waals surface area contributed by atoms with E-state index in [0.717, 1.165) is 0 Å². The molecule has 0 aliphatic heterocycles. The van der Waals surface area contributed by atoms with Crippen LogP contribution in [0, 0.1) is 0 Å². The van der Waals surface area contributed by atoms with E-state index in [1.807, 2.05) is 0 Å². The van der Waals surface area contributed by atoms with Gasteiger partial charge < -0.3 is 0 Å². The van der Waals surface area contributed by atoms with Gasteiger partial charge in [0.1, 0.15) is 0 Å². The van der Waals surface area contributed by atoms with Crippen molar-refractivity contribution in [3.05, 3.63) is 17.5 Å². The molecule has 1 N–H and O–H groups in total. The summed E-state index contributed by atoms with van der Waals surface area (Å²) in [7, 11) is 0. The van der Waals surface area contributed by atoms with Crippen molar-refractivity contribution in [2.24, 2.45) is 0 Å². The molecule has 0 spiro atoms. The van der Waals surface area contributed by atoms with Gasteiger partial charge in [-0.25, -0.2) is 0 Å². The van der Waals surface area contributed by atoms with E-state index in [0.29, 0.717) is 0 Å². The quantitative estimate of drug-likeness (QED) is 0.716. The largest absolute Gasteiger partial charge is 0.284 e. The van der Waals surface area contributed by atoms with Gasteiger partial charge >= 0.3 is 0 Å². The highest BCUT2D eigenvalue weighted by Crippen LogP contribution is 2.09. The molecule has 0 radical (unpaired) electrons. The van der Waals surface area contributed by atoms with E-state index in [9.17, 15) is 9.59 Å². The second-order valence-electron chi connectivity index (χ2n) is 1.69. The van der Waals surface area contributed by atoms with Crippen LogP contribution in [-0.2, 0) is 0 Å². The number of aromatic nitrogens is 2. The highest BCUT2D eigenvalue weighted by molar-refractivity contribution is 6.71. The standard InChI is InChI=1S/C5H2Cl2N2O2/c6-4(10)2-1-8-9-3(2)5(7)11/h1H,(H,8,9). The molecule has 0 fully saturated rings. The number of hydrogen-bond donors (Lipinski definition) is 1. The monoisotopic (exact) mass is 192 g/mol. The fourth-order valence-corrected chi connectivity index (χ4v) is 0.878. The summed E-state index contributed by atoms with van der Waals surface area (Å²) in [5, 5.41) is 4.15. The fourth-order valence-electron chi connectivity index (χ4n) is 0.590. The summed E-state index contributed by atoms with van der Waals surface area (Å²) in [5.74, 6) is 0. The van der Waals surface area contributed by atoms with Gasteiger partial charge in [0.15, 0.2) is 5.69 Å². The van der Waals surface area contributed by atoms with Crippen molar-refractivity contribution in [3.63, 3.8) is 0 Å². The summed E-state index contributed by atoms with van der Waals surface area (Å²) < 4.78 is 0. The van der Waals surface area contributed by atoms with Gasteiger partial charge in [0.05, 0.1) is 5.56 Å². The second-order valence-corrected chi connectivity index (χ2v) is 2.38. The van der Waals surface area contributed by atoms with Crippen LogP contribution in [-0.4, -0.2) is 20.7 Å². The Bertz CT molecular complexity index is 279. The summed E-state index contributed by atoms with van der Waals surface area (Å²) in [6.45, 7) is 0. The Morgan fingerprint density at radius 3 is 2.36 bits per heavy atom. The average Bonchev–Trinajstić information content (AvgIpc) is 2.32. The lowest BCUT2D eigenvalue weighted by Crippen LogP contribution is -1.97. The Kier molecular flexibility index (Phi) is 2.26. The van der Waals surface area contributed by atoms with Gasteiger partial charge in [-0.2, -0.15) is 5.10 Å². The Morgan fingerprint density at radius 1 is 1.36 bits per heavy atom. The first kappa shape index (κ1) is 8.23. The van der Waals surface area contributed by atoms with Crippen molar-refractivity contribution >= 4 is 33.7 Å². The van der Waals surface area contributed by atoms with E-state index in [1.54, 1.807) is 0 Å². The van der Waals surface area contributed by atoms with Crippen molar-refractivity contribution in [1.82, 2.24) is 10.2 Å². The lowest BCUT2D eigenvalue weighted by Gasteiger charge is -1.86. The average molecular weight is 193 g/mol. The molecular weight excluding hydrogens is 191 g/mol. The number of rotatable bonds is 2. The summed E-state index contributed by atoms with van der Waals surface area (Å²) in [4.78, 5) is 21.0. The molecule has 0 saturated heterocycles. The molecule has 0 unspecified atom stereocenters. The van der Waals surface area contributed by atoms with E-state index in [1.165, 1.54) is 6.20 Å². The maximum atomic E-state index is 10.5. The Balaban J connectivity index is 3.16. The fraction of sp³-hybridized carbons (Fsp3) is 0. The first-order valence-electron chi connectivity index (χ1n) is 2.56. The first-order valence-corrected chi connectivity index (χ1v) is 3.32. The molecule has 1 rings (SSSR count). The molecule has 0 aliphatic carbocycles. The number of H-pyrrole nitrogens is 1.